The molecule has 16 heavy (non-hydrogen) atoms. The average molecular weight is 223 g/mol. The maximum atomic E-state index is 11.9. The molecule has 1 atom stereocenters. The summed E-state index contributed by atoms with van der Waals surface area (Å²) >= 11 is 0. The Bertz CT molecular complexity index is 377. The van der Waals surface area contributed by atoms with Crippen molar-refractivity contribution < 1.29 is 14.6 Å². The van der Waals surface area contributed by atoms with Crippen LogP contribution in [-0.4, -0.2) is 23.0 Å². The molecule has 0 spiro atoms. The Labute approximate surface area is 95.3 Å². The van der Waals surface area contributed by atoms with Gasteiger partial charge in [0.1, 0.15) is 0 Å². The van der Waals surface area contributed by atoms with E-state index in [2.05, 4.69) is 4.98 Å². The summed E-state index contributed by atoms with van der Waals surface area (Å²) in [6.45, 7) is 3.86. The molecule has 1 N–H and O–H groups in total. The summed E-state index contributed by atoms with van der Waals surface area (Å²) < 4.78 is 4.93. The van der Waals surface area contributed by atoms with Crippen LogP contribution in [0.4, 0.5) is 0 Å². The van der Waals surface area contributed by atoms with Crippen LogP contribution in [0.3, 0.4) is 0 Å². The molecule has 0 saturated heterocycles. The molecule has 0 radical (unpaired) electrons. The van der Waals surface area contributed by atoms with Crippen LogP contribution in [0.15, 0.2) is 12.3 Å². The van der Waals surface area contributed by atoms with Gasteiger partial charge in [0.15, 0.2) is 23.0 Å². The molecule has 4 nitrogen and oxygen atoms in total. The number of pyridine rings is 1. The summed E-state index contributed by atoms with van der Waals surface area (Å²) in [6, 6.07) is 1.52. The summed E-state index contributed by atoms with van der Waals surface area (Å²) in [7, 11) is 1.44. The van der Waals surface area contributed by atoms with Crippen LogP contribution in [0.2, 0.25) is 0 Å². The second kappa shape index (κ2) is 5.49. The van der Waals surface area contributed by atoms with E-state index < -0.39 is 0 Å². The molecule has 0 fully saturated rings. The van der Waals surface area contributed by atoms with E-state index in [-0.39, 0.29) is 28.9 Å². The lowest BCUT2D eigenvalue weighted by Crippen LogP contribution is -2.13. The van der Waals surface area contributed by atoms with Gasteiger partial charge in [0.25, 0.3) is 0 Å². The second-order valence-corrected chi connectivity index (χ2v) is 3.76. The molecule has 1 unspecified atom stereocenters. The van der Waals surface area contributed by atoms with Gasteiger partial charge in [0, 0.05) is 18.2 Å². The van der Waals surface area contributed by atoms with E-state index in [0.29, 0.717) is 0 Å². The topological polar surface area (TPSA) is 59.4 Å². The van der Waals surface area contributed by atoms with Gasteiger partial charge in [-0.2, -0.15) is 0 Å². The number of hydrogen-bond donors (Lipinski definition) is 1. The number of nitrogens with zero attached hydrogens (tertiary/aromatic N) is 1. The zero-order valence-corrected chi connectivity index (χ0v) is 9.86. The Hall–Kier alpha value is -1.58. The minimum absolute atomic E-state index is 0.0975. The van der Waals surface area contributed by atoms with Crippen LogP contribution >= 0.6 is 0 Å². The fourth-order valence-electron chi connectivity index (χ4n) is 1.58. The predicted octanol–water partition coefficient (Wildman–Crippen LogP) is 2.41. The molecule has 0 aliphatic heterocycles. The zero-order chi connectivity index (χ0) is 12.1. The Morgan fingerprint density at radius 3 is 2.88 bits per heavy atom. The number of aromatic nitrogens is 1. The number of carbonyl (C=O) groups is 1. The largest absolute Gasteiger partial charge is 0.503 e. The standard InChI is InChI=1S/C12H17NO3/c1-4-5-8(2)11(14)10-12(15)9(16-3)6-7-13-10/h6-8,15H,4-5H2,1-3H3. The average Bonchev–Trinajstić information content (AvgIpc) is 2.29. The first kappa shape index (κ1) is 12.5. The van der Waals surface area contributed by atoms with Crippen molar-refractivity contribution in [1.29, 1.82) is 0 Å². The molecule has 88 valence electrons. The highest BCUT2D eigenvalue weighted by Gasteiger charge is 2.21. The fraction of sp³-hybridized carbons (Fsp3) is 0.500. The number of ether oxygens (including phenoxy) is 1. The van der Waals surface area contributed by atoms with E-state index >= 15 is 0 Å². The number of Topliss-reactive ketones (excluding diaryl/α,β-unsaturated/α-hetero) is 1. The summed E-state index contributed by atoms with van der Waals surface area (Å²) in [5.41, 5.74) is 0.0975. The Kier molecular flexibility index (Phi) is 4.28. The minimum Gasteiger partial charge on any atom is -0.503 e. The smallest absolute Gasteiger partial charge is 0.187 e. The summed E-state index contributed by atoms with van der Waals surface area (Å²) in [5.74, 6) is -0.159. The van der Waals surface area contributed by atoms with E-state index in [0.717, 1.165) is 12.8 Å². The molecule has 1 heterocycles. The van der Waals surface area contributed by atoms with Crippen molar-refractivity contribution in [2.45, 2.75) is 26.7 Å². The van der Waals surface area contributed by atoms with E-state index in [9.17, 15) is 9.90 Å². The van der Waals surface area contributed by atoms with Crippen LogP contribution in [0, 0.1) is 5.92 Å². The third kappa shape index (κ3) is 2.51. The van der Waals surface area contributed by atoms with Crippen molar-refractivity contribution in [2.75, 3.05) is 7.11 Å². The lowest BCUT2D eigenvalue weighted by molar-refractivity contribution is 0.0914. The monoisotopic (exact) mass is 223 g/mol. The van der Waals surface area contributed by atoms with Gasteiger partial charge in [-0.05, 0) is 6.42 Å². The molecule has 0 amide bonds. The van der Waals surface area contributed by atoms with Crippen molar-refractivity contribution in [3.63, 3.8) is 0 Å². The molecule has 0 aliphatic carbocycles. The first-order chi connectivity index (χ1) is 7.61. The zero-order valence-electron chi connectivity index (χ0n) is 9.86. The number of hydrogen-bond acceptors (Lipinski definition) is 4. The Balaban J connectivity index is 2.99. The molecule has 0 aromatic carbocycles. The van der Waals surface area contributed by atoms with Crippen LogP contribution in [0.1, 0.15) is 37.2 Å². The van der Waals surface area contributed by atoms with Gasteiger partial charge < -0.3 is 9.84 Å². The number of rotatable bonds is 5. The molecule has 0 saturated carbocycles. The van der Waals surface area contributed by atoms with Gasteiger partial charge in [-0.3, -0.25) is 4.79 Å². The van der Waals surface area contributed by atoms with Gasteiger partial charge in [0.05, 0.1) is 7.11 Å². The summed E-state index contributed by atoms with van der Waals surface area (Å²) in [4.78, 5) is 15.9. The normalized spacial score (nSPS) is 12.2. The Morgan fingerprint density at radius 2 is 2.31 bits per heavy atom. The molecule has 4 heteroatoms. The van der Waals surface area contributed by atoms with E-state index in [1.54, 1.807) is 0 Å². The van der Waals surface area contributed by atoms with E-state index in [4.69, 9.17) is 4.74 Å². The highest BCUT2D eigenvalue weighted by Crippen LogP contribution is 2.29. The molecule has 1 rings (SSSR count). The maximum Gasteiger partial charge on any atom is 0.187 e. The van der Waals surface area contributed by atoms with Gasteiger partial charge >= 0.3 is 0 Å². The van der Waals surface area contributed by atoms with Crippen LogP contribution in [0.5, 0.6) is 11.5 Å². The number of ketones is 1. The lowest BCUT2D eigenvalue weighted by atomic mass is 9.98. The predicted molar refractivity (Wildman–Crippen MR) is 60.9 cm³/mol. The first-order valence-electron chi connectivity index (χ1n) is 5.38. The number of methoxy groups -OCH3 is 1. The highest BCUT2D eigenvalue weighted by molar-refractivity contribution is 5.98. The third-order valence-corrected chi connectivity index (χ3v) is 2.51. The first-order valence-corrected chi connectivity index (χ1v) is 5.38. The van der Waals surface area contributed by atoms with Crippen LogP contribution in [-0.2, 0) is 0 Å². The maximum absolute atomic E-state index is 11.9. The van der Waals surface area contributed by atoms with Crippen molar-refractivity contribution >= 4 is 5.78 Å². The molecular weight excluding hydrogens is 206 g/mol. The van der Waals surface area contributed by atoms with Gasteiger partial charge in [-0.15, -0.1) is 0 Å². The Morgan fingerprint density at radius 1 is 1.62 bits per heavy atom. The van der Waals surface area contributed by atoms with E-state index in [1.807, 2.05) is 13.8 Å². The van der Waals surface area contributed by atoms with Crippen LogP contribution < -0.4 is 4.74 Å². The van der Waals surface area contributed by atoms with Gasteiger partial charge in [-0.1, -0.05) is 20.3 Å². The lowest BCUT2D eigenvalue weighted by Gasteiger charge is -2.11. The second-order valence-electron chi connectivity index (χ2n) is 3.76. The fourth-order valence-corrected chi connectivity index (χ4v) is 1.58. The quantitative estimate of drug-likeness (QED) is 0.779. The molecule has 0 bridgehead atoms. The van der Waals surface area contributed by atoms with Crippen molar-refractivity contribution in [3.8, 4) is 11.5 Å². The third-order valence-electron chi connectivity index (χ3n) is 2.51. The van der Waals surface area contributed by atoms with Crippen molar-refractivity contribution in [3.05, 3.63) is 18.0 Å². The summed E-state index contributed by atoms with van der Waals surface area (Å²) in [5, 5.41) is 9.77. The minimum atomic E-state index is -0.169. The molecule has 1 aromatic rings. The van der Waals surface area contributed by atoms with Crippen molar-refractivity contribution in [1.82, 2.24) is 4.98 Å². The molecule has 1 aromatic heterocycles. The number of aromatic hydroxyl groups is 1. The molecular formula is C12H17NO3. The summed E-state index contributed by atoms with van der Waals surface area (Å²) in [6.07, 6.45) is 3.18. The van der Waals surface area contributed by atoms with Gasteiger partial charge in [-0.25, -0.2) is 4.98 Å². The molecule has 0 aliphatic rings. The van der Waals surface area contributed by atoms with E-state index in [1.165, 1.54) is 19.4 Å². The van der Waals surface area contributed by atoms with Gasteiger partial charge in [0.2, 0.25) is 0 Å². The van der Waals surface area contributed by atoms with Crippen LogP contribution in [0.25, 0.3) is 0 Å². The van der Waals surface area contributed by atoms with Crippen molar-refractivity contribution in [2.24, 2.45) is 5.92 Å². The highest BCUT2D eigenvalue weighted by atomic mass is 16.5. The SMILES string of the molecule is CCCC(C)C(=O)c1nccc(OC)c1O. The number of carbonyl (C=O) groups excluding carboxylic acids is 1.